The van der Waals surface area contributed by atoms with E-state index in [4.69, 9.17) is 11.6 Å². The van der Waals surface area contributed by atoms with Crippen molar-refractivity contribution in [1.82, 2.24) is 0 Å². The number of anilines is 1. The number of benzene rings is 1. The van der Waals surface area contributed by atoms with E-state index in [9.17, 15) is 9.90 Å². The molecule has 0 amide bonds. The summed E-state index contributed by atoms with van der Waals surface area (Å²) in [6.45, 7) is 8.10. The van der Waals surface area contributed by atoms with Crippen LogP contribution in [0.25, 0.3) is 0 Å². The fraction of sp³-hybridized carbons (Fsp3) is 0.533. The summed E-state index contributed by atoms with van der Waals surface area (Å²) in [6, 6.07) is 5.17. The molecular formula is C15H20ClNO2. The molecule has 104 valence electrons. The Bertz CT molecular complexity index is 513. The molecule has 1 aliphatic rings. The SMILES string of the molecule is C[C@@H]1CC(C)(C)N([C@H](C)C(=O)O)c2ccc(Cl)cc21. The van der Waals surface area contributed by atoms with Crippen LogP contribution in [0, 0.1) is 0 Å². The molecule has 1 N–H and O–H groups in total. The van der Waals surface area contributed by atoms with Crippen LogP contribution >= 0.6 is 11.6 Å². The molecule has 1 aromatic rings. The van der Waals surface area contributed by atoms with Crippen molar-refractivity contribution in [2.24, 2.45) is 0 Å². The maximum absolute atomic E-state index is 11.4. The molecule has 1 aliphatic heterocycles. The zero-order valence-electron chi connectivity index (χ0n) is 11.8. The van der Waals surface area contributed by atoms with E-state index in [1.54, 1.807) is 6.92 Å². The first-order valence-corrected chi connectivity index (χ1v) is 6.93. The Morgan fingerprint density at radius 2 is 2.16 bits per heavy atom. The molecule has 0 aliphatic carbocycles. The lowest BCUT2D eigenvalue weighted by Gasteiger charge is -2.49. The second-order valence-electron chi connectivity index (χ2n) is 6.00. The zero-order valence-corrected chi connectivity index (χ0v) is 12.5. The molecule has 19 heavy (non-hydrogen) atoms. The molecule has 0 unspecified atom stereocenters. The summed E-state index contributed by atoms with van der Waals surface area (Å²) in [5.74, 6) is -0.426. The van der Waals surface area contributed by atoms with Gasteiger partial charge in [0.15, 0.2) is 0 Å². The smallest absolute Gasteiger partial charge is 0.326 e. The Balaban J connectivity index is 2.58. The Morgan fingerprint density at radius 3 is 2.74 bits per heavy atom. The van der Waals surface area contributed by atoms with Crippen LogP contribution in [0.5, 0.6) is 0 Å². The highest BCUT2D eigenvalue weighted by Gasteiger charge is 2.40. The molecule has 3 nitrogen and oxygen atoms in total. The summed E-state index contributed by atoms with van der Waals surface area (Å²) in [5.41, 5.74) is 1.95. The molecule has 0 saturated heterocycles. The van der Waals surface area contributed by atoms with E-state index in [0.29, 0.717) is 10.9 Å². The van der Waals surface area contributed by atoms with Gasteiger partial charge >= 0.3 is 5.97 Å². The molecule has 0 spiro atoms. The number of carboxylic acids is 1. The van der Waals surface area contributed by atoms with Gasteiger partial charge in [-0.15, -0.1) is 0 Å². The van der Waals surface area contributed by atoms with Crippen molar-refractivity contribution >= 4 is 23.3 Å². The quantitative estimate of drug-likeness (QED) is 0.894. The lowest BCUT2D eigenvalue weighted by atomic mass is 9.79. The van der Waals surface area contributed by atoms with Gasteiger partial charge in [0.1, 0.15) is 6.04 Å². The Hall–Kier alpha value is -1.22. The molecule has 2 atom stereocenters. The van der Waals surface area contributed by atoms with Crippen LogP contribution in [0.2, 0.25) is 5.02 Å². The standard InChI is InChI=1S/C15H20ClNO2/c1-9-8-15(3,4)17(10(2)14(18)19)13-6-5-11(16)7-12(9)13/h5-7,9-10H,8H2,1-4H3,(H,18,19)/t9-,10-/m1/s1. The third-order valence-corrected chi connectivity index (χ3v) is 4.22. The summed E-state index contributed by atoms with van der Waals surface area (Å²) in [7, 11) is 0. The van der Waals surface area contributed by atoms with Gasteiger partial charge in [-0.05, 0) is 56.9 Å². The van der Waals surface area contributed by atoms with Gasteiger partial charge in [-0.25, -0.2) is 4.79 Å². The van der Waals surface area contributed by atoms with Gasteiger partial charge in [-0.1, -0.05) is 18.5 Å². The lowest BCUT2D eigenvalue weighted by Crippen LogP contribution is -2.55. The first-order chi connectivity index (χ1) is 8.74. The minimum Gasteiger partial charge on any atom is -0.480 e. The van der Waals surface area contributed by atoms with Crippen molar-refractivity contribution in [1.29, 1.82) is 0 Å². The highest BCUT2D eigenvalue weighted by Crippen LogP contribution is 2.45. The van der Waals surface area contributed by atoms with Gasteiger partial charge in [-0.2, -0.15) is 0 Å². The van der Waals surface area contributed by atoms with E-state index < -0.39 is 12.0 Å². The van der Waals surface area contributed by atoms with Crippen LogP contribution in [-0.2, 0) is 4.79 Å². The highest BCUT2D eigenvalue weighted by molar-refractivity contribution is 6.30. The molecule has 0 aromatic heterocycles. The maximum Gasteiger partial charge on any atom is 0.326 e. The largest absolute Gasteiger partial charge is 0.480 e. The Morgan fingerprint density at radius 1 is 1.53 bits per heavy atom. The van der Waals surface area contributed by atoms with Gasteiger partial charge < -0.3 is 10.0 Å². The number of aliphatic carboxylic acids is 1. The minimum atomic E-state index is -0.802. The van der Waals surface area contributed by atoms with Gasteiger partial charge in [-0.3, -0.25) is 0 Å². The third-order valence-electron chi connectivity index (χ3n) is 3.98. The van der Waals surface area contributed by atoms with Crippen LogP contribution < -0.4 is 4.90 Å². The fourth-order valence-electron chi connectivity index (χ4n) is 3.27. The Labute approximate surface area is 119 Å². The van der Waals surface area contributed by atoms with Crippen molar-refractivity contribution in [3.05, 3.63) is 28.8 Å². The summed E-state index contributed by atoms with van der Waals surface area (Å²) in [4.78, 5) is 13.4. The van der Waals surface area contributed by atoms with Crippen LogP contribution in [0.15, 0.2) is 18.2 Å². The number of nitrogens with zero attached hydrogens (tertiary/aromatic N) is 1. The van der Waals surface area contributed by atoms with E-state index in [2.05, 4.69) is 20.8 Å². The van der Waals surface area contributed by atoms with Gasteiger partial charge in [0, 0.05) is 16.2 Å². The number of hydrogen-bond acceptors (Lipinski definition) is 2. The summed E-state index contributed by atoms with van der Waals surface area (Å²) in [6.07, 6.45) is 0.915. The predicted molar refractivity (Wildman–Crippen MR) is 78.1 cm³/mol. The van der Waals surface area contributed by atoms with Gasteiger partial charge in [0.05, 0.1) is 0 Å². The molecule has 0 bridgehead atoms. The van der Waals surface area contributed by atoms with E-state index >= 15 is 0 Å². The van der Waals surface area contributed by atoms with E-state index in [1.807, 2.05) is 23.1 Å². The topological polar surface area (TPSA) is 40.5 Å². The molecule has 1 heterocycles. The normalized spacial score (nSPS) is 22.8. The summed E-state index contributed by atoms with van der Waals surface area (Å²) >= 11 is 6.07. The van der Waals surface area contributed by atoms with Crippen molar-refractivity contribution < 1.29 is 9.90 Å². The van der Waals surface area contributed by atoms with Crippen molar-refractivity contribution in [2.45, 2.75) is 51.6 Å². The molecule has 1 aromatic carbocycles. The van der Waals surface area contributed by atoms with Crippen molar-refractivity contribution in [2.75, 3.05) is 4.90 Å². The van der Waals surface area contributed by atoms with Crippen LogP contribution in [0.1, 0.15) is 45.6 Å². The average molecular weight is 282 g/mol. The average Bonchev–Trinajstić information content (AvgIpc) is 2.28. The number of fused-ring (bicyclic) bond motifs is 1. The number of rotatable bonds is 2. The van der Waals surface area contributed by atoms with Crippen LogP contribution in [-0.4, -0.2) is 22.7 Å². The second-order valence-corrected chi connectivity index (χ2v) is 6.44. The van der Waals surface area contributed by atoms with Crippen molar-refractivity contribution in [3.8, 4) is 0 Å². The highest BCUT2D eigenvalue weighted by atomic mass is 35.5. The Kier molecular flexibility index (Phi) is 3.52. The first-order valence-electron chi connectivity index (χ1n) is 6.55. The zero-order chi connectivity index (χ0) is 14.4. The molecule has 4 heteroatoms. The summed E-state index contributed by atoms with van der Waals surface area (Å²) in [5, 5.41) is 10.0. The first kappa shape index (κ1) is 14.2. The van der Waals surface area contributed by atoms with E-state index in [1.165, 1.54) is 0 Å². The van der Waals surface area contributed by atoms with E-state index in [-0.39, 0.29) is 5.54 Å². The number of carbonyl (C=O) groups is 1. The molecule has 0 fully saturated rings. The summed E-state index contributed by atoms with van der Waals surface area (Å²) < 4.78 is 0. The number of carboxylic acid groups (broad SMARTS) is 1. The second kappa shape index (κ2) is 4.71. The lowest BCUT2D eigenvalue weighted by molar-refractivity contribution is -0.138. The number of halogens is 1. The molecule has 0 saturated carbocycles. The maximum atomic E-state index is 11.4. The number of hydrogen-bond donors (Lipinski definition) is 1. The monoisotopic (exact) mass is 281 g/mol. The van der Waals surface area contributed by atoms with Gasteiger partial charge in [0.2, 0.25) is 0 Å². The minimum absolute atomic E-state index is 0.182. The predicted octanol–water partition coefficient (Wildman–Crippen LogP) is 3.91. The van der Waals surface area contributed by atoms with Crippen molar-refractivity contribution in [3.63, 3.8) is 0 Å². The van der Waals surface area contributed by atoms with Gasteiger partial charge in [0.25, 0.3) is 0 Å². The molecule has 0 radical (unpaired) electrons. The van der Waals surface area contributed by atoms with Crippen LogP contribution in [0.3, 0.4) is 0 Å². The molecular weight excluding hydrogens is 262 g/mol. The van der Waals surface area contributed by atoms with E-state index in [0.717, 1.165) is 17.7 Å². The van der Waals surface area contributed by atoms with Crippen LogP contribution in [0.4, 0.5) is 5.69 Å². The third kappa shape index (κ3) is 2.44. The molecule has 2 rings (SSSR count). The fourth-order valence-corrected chi connectivity index (χ4v) is 3.45.